The second-order valence-corrected chi connectivity index (χ2v) is 5.38. The van der Waals surface area contributed by atoms with Gasteiger partial charge in [-0.25, -0.2) is 4.98 Å². The van der Waals surface area contributed by atoms with Gasteiger partial charge in [0.1, 0.15) is 0 Å². The fourth-order valence-corrected chi connectivity index (χ4v) is 3.16. The molecule has 1 heterocycles. The molecule has 0 radical (unpaired) electrons. The fourth-order valence-electron chi connectivity index (χ4n) is 2.20. The largest absolute Gasteiger partial charge is 0.246 e. The van der Waals surface area contributed by atoms with E-state index in [1.165, 1.54) is 21.2 Å². The molecule has 17 heavy (non-hydrogen) atoms. The van der Waals surface area contributed by atoms with E-state index in [-0.39, 0.29) is 0 Å². The Morgan fingerprint density at radius 2 is 1.71 bits per heavy atom. The summed E-state index contributed by atoms with van der Waals surface area (Å²) in [7, 11) is 0. The van der Waals surface area contributed by atoms with E-state index in [2.05, 4.69) is 61.3 Å². The van der Waals surface area contributed by atoms with Crippen LogP contribution in [0, 0.1) is 13.8 Å². The minimum atomic E-state index is 1.13. The third-order valence-corrected chi connectivity index (χ3v) is 4.04. The average molecular weight is 239 g/mol. The summed E-state index contributed by atoms with van der Waals surface area (Å²) in [6.07, 6.45) is 0. The Hall–Kier alpha value is -1.67. The molecule has 0 aliphatic heterocycles. The van der Waals surface area contributed by atoms with Crippen LogP contribution >= 0.6 is 11.3 Å². The van der Waals surface area contributed by atoms with Gasteiger partial charge in [-0.2, -0.15) is 0 Å². The summed E-state index contributed by atoms with van der Waals surface area (Å²) < 4.78 is 0. The van der Waals surface area contributed by atoms with Crippen molar-refractivity contribution in [2.75, 3.05) is 0 Å². The summed E-state index contributed by atoms with van der Waals surface area (Å²) in [6, 6.07) is 15.0. The van der Waals surface area contributed by atoms with Crippen LogP contribution in [0.15, 0.2) is 42.5 Å². The van der Waals surface area contributed by atoms with E-state index in [1.54, 1.807) is 11.3 Å². The van der Waals surface area contributed by atoms with Crippen molar-refractivity contribution in [2.24, 2.45) is 0 Å². The summed E-state index contributed by atoms with van der Waals surface area (Å²) in [5, 5.41) is 3.72. The van der Waals surface area contributed by atoms with Gasteiger partial charge in [-0.05, 0) is 24.6 Å². The maximum Gasteiger partial charge on any atom is 0.0903 e. The lowest BCUT2D eigenvalue weighted by molar-refractivity contribution is 1.20. The highest BCUT2D eigenvalue weighted by Gasteiger charge is 2.09. The van der Waals surface area contributed by atoms with Crippen molar-refractivity contribution in [3.63, 3.8) is 0 Å². The van der Waals surface area contributed by atoms with Crippen LogP contribution in [0.5, 0.6) is 0 Å². The molecule has 0 aliphatic rings. The Kier molecular flexibility index (Phi) is 2.45. The first kappa shape index (κ1) is 10.5. The van der Waals surface area contributed by atoms with Crippen molar-refractivity contribution in [1.82, 2.24) is 4.98 Å². The van der Waals surface area contributed by atoms with Crippen molar-refractivity contribution in [3.8, 4) is 10.4 Å². The van der Waals surface area contributed by atoms with Crippen LogP contribution in [-0.2, 0) is 0 Å². The lowest BCUT2D eigenvalue weighted by Crippen LogP contribution is -1.81. The SMILES string of the molecule is Cc1nc(C)c(-c2cccc3ccccc23)s1. The van der Waals surface area contributed by atoms with Gasteiger partial charge in [0.05, 0.1) is 15.6 Å². The van der Waals surface area contributed by atoms with Crippen molar-refractivity contribution >= 4 is 22.1 Å². The van der Waals surface area contributed by atoms with Crippen LogP contribution in [-0.4, -0.2) is 4.98 Å². The Morgan fingerprint density at radius 1 is 0.941 bits per heavy atom. The number of thiazole rings is 1. The number of nitrogens with zero attached hydrogens (tertiary/aromatic N) is 1. The molecule has 0 aliphatic carbocycles. The molecule has 3 aromatic rings. The topological polar surface area (TPSA) is 12.9 Å². The van der Waals surface area contributed by atoms with Crippen LogP contribution < -0.4 is 0 Å². The summed E-state index contributed by atoms with van der Waals surface area (Å²) in [6.45, 7) is 4.15. The number of aryl methyl sites for hydroxylation is 2. The Bertz CT molecular complexity index is 677. The average Bonchev–Trinajstić information content (AvgIpc) is 2.68. The molecule has 1 nitrogen and oxygen atoms in total. The predicted octanol–water partition coefficient (Wildman–Crippen LogP) is 4.58. The molecular weight excluding hydrogens is 226 g/mol. The van der Waals surface area contributed by atoms with E-state index in [1.807, 2.05) is 0 Å². The molecule has 1 aromatic heterocycles. The monoisotopic (exact) mass is 239 g/mol. The molecule has 84 valence electrons. The number of fused-ring (bicyclic) bond motifs is 1. The molecule has 0 unspecified atom stereocenters. The highest BCUT2D eigenvalue weighted by atomic mass is 32.1. The zero-order valence-electron chi connectivity index (χ0n) is 9.90. The van der Waals surface area contributed by atoms with Crippen LogP contribution in [0.3, 0.4) is 0 Å². The molecule has 0 saturated heterocycles. The maximum absolute atomic E-state index is 4.51. The minimum absolute atomic E-state index is 1.13. The number of aromatic nitrogens is 1. The van der Waals surface area contributed by atoms with Gasteiger partial charge in [0.2, 0.25) is 0 Å². The van der Waals surface area contributed by atoms with Gasteiger partial charge < -0.3 is 0 Å². The Morgan fingerprint density at radius 3 is 2.47 bits per heavy atom. The number of hydrogen-bond acceptors (Lipinski definition) is 2. The van der Waals surface area contributed by atoms with E-state index in [4.69, 9.17) is 0 Å². The van der Waals surface area contributed by atoms with E-state index in [0.717, 1.165) is 10.7 Å². The molecule has 0 amide bonds. The molecule has 0 saturated carbocycles. The standard InChI is InChI=1S/C15H13NS/c1-10-15(17-11(2)16-10)14-9-5-7-12-6-3-4-8-13(12)14/h3-9H,1-2H3. The maximum atomic E-state index is 4.51. The first-order chi connectivity index (χ1) is 8.25. The van der Waals surface area contributed by atoms with E-state index in [0.29, 0.717) is 0 Å². The van der Waals surface area contributed by atoms with Gasteiger partial charge in [0.15, 0.2) is 0 Å². The van der Waals surface area contributed by atoms with Crippen LogP contribution in [0.25, 0.3) is 21.2 Å². The molecule has 3 rings (SSSR count). The van der Waals surface area contributed by atoms with Gasteiger partial charge >= 0.3 is 0 Å². The second-order valence-electron chi connectivity index (χ2n) is 4.17. The molecule has 0 atom stereocenters. The molecular formula is C15H13NS. The third-order valence-electron chi connectivity index (χ3n) is 2.94. The van der Waals surface area contributed by atoms with Gasteiger partial charge in [0, 0.05) is 5.56 Å². The number of rotatable bonds is 1. The van der Waals surface area contributed by atoms with Crippen molar-refractivity contribution in [3.05, 3.63) is 53.2 Å². The number of benzene rings is 2. The van der Waals surface area contributed by atoms with Crippen molar-refractivity contribution in [1.29, 1.82) is 0 Å². The molecule has 0 spiro atoms. The first-order valence-electron chi connectivity index (χ1n) is 5.68. The smallest absolute Gasteiger partial charge is 0.0903 e. The van der Waals surface area contributed by atoms with E-state index < -0.39 is 0 Å². The van der Waals surface area contributed by atoms with Crippen molar-refractivity contribution < 1.29 is 0 Å². The Labute approximate surface area is 105 Å². The molecule has 2 heteroatoms. The zero-order chi connectivity index (χ0) is 11.8. The summed E-state index contributed by atoms with van der Waals surface area (Å²) in [4.78, 5) is 5.80. The minimum Gasteiger partial charge on any atom is -0.246 e. The molecule has 0 bridgehead atoms. The van der Waals surface area contributed by atoms with Gasteiger partial charge in [0.25, 0.3) is 0 Å². The fraction of sp³-hybridized carbons (Fsp3) is 0.133. The quantitative estimate of drug-likeness (QED) is 0.605. The highest BCUT2D eigenvalue weighted by Crippen LogP contribution is 2.34. The van der Waals surface area contributed by atoms with E-state index in [9.17, 15) is 0 Å². The van der Waals surface area contributed by atoms with Gasteiger partial charge in [-0.3, -0.25) is 0 Å². The summed E-state index contributed by atoms with van der Waals surface area (Å²) in [5.41, 5.74) is 2.43. The zero-order valence-corrected chi connectivity index (χ0v) is 10.7. The second kappa shape index (κ2) is 3.97. The van der Waals surface area contributed by atoms with Gasteiger partial charge in [-0.15, -0.1) is 11.3 Å². The normalized spacial score (nSPS) is 10.9. The Balaban J connectivity index is 2.34. The van der Waals surface area contributed by atoms with Crippen LogP contribution in [0.2, 0.25) is 0 Å². The first-order valence-corrected chi connectivity index (χ1v) is 6.49. The van der Waals surface area contributed by atoms with E-state index >= 15 is 0 Å². The summed E-state index contributed by atoms with van der Waals surface area (Å²) >= 11 is 1.77. The highest BCUT2D eigenvalue weighted by molar-refractivity contribution is 7.15. The number of hydrogen-bond donors (Lipinski definition) is 0. The van der Waals surface area contributed by atoms with Crippen molar-refractivity contribution in [2.45, 2.75) is 13.8 Å². The molecule has 0 N–H and O–H groups in total. The predicted molar refractivity (Wildman–Crippen MR) is 74.5 cm³/mol. The summed E-state index contributed by atoms with van der Waals surface area (Å²) in [5.74, 6) is 0. The lowest BCUT2D eigenvalue weighted by Gasteiger charge is -2.04. The van der Waals surface area contributed by atoms with Gasteiger partial charge in [-0.1, -0.05) is 42.5 Å². The van der Waals surface area contributed by atoms with Crippen LogP contribution in [0.4, 0.5) is 0 Å². The third kappa shape index (κ3) is 1.75. The lowest BCUT2D eigenvalue weighted by atomic mass is 10.0. The van der Waals surface area contributed by atoms with Crippen LogP contribution in [0.1, 0.15) is 10.7 Å². The molecule has 2 aromatic carbocycles. The molecule has 0 fully saturated rings.